The van der Waals surface area contributed by atoms with Gasteiger partial charge in [-0.1, -0.05) is 33.1 Å². The highest BCUT2D eigenvalue weighted by molar-refractivity contribution is 5.74. The lowest BCUT2D eigenvalue weighted by Crippen LogP contribution is -2.53. The van der Waals surface area contributed by atoms with E-state index in [2.05, 4.69) is 29.4 Å². The maximum atomic E-state index is 12.0. The van der Waals surface area contributed by atoms with Gasteiger partial charge in [0.15, 0.2) is 0 Å². The van der Waals surface area contributed by atoms with Crippen molar-refractivity contribution in [3.05, 3.63) is 0 Å². The summed E-state index contributed by atoms with van der Waals surface area (Å²) in [6.07, 6.45) is 4.85. The lowest BCUT2D eigenvalue weighted by Gasteiger charge is -2.36. The summed E-state index contributed by atoms with van der Waals surface area (Å²) >= 11 is 0. The van der Waals surface area contributed by atoms with Gasteiger partial charge in [-0.25, -0.2) is 4.79 Å². The van der Waals surface area contributed by atoms with Gasteiger partial charge in [0, 0.05) is 19.1 Å². The summed E-state index contributed by atoms with van der Waals surface area (Å²) in [5.74, 6) is 0. The fraction of sp³-hybridized carbons (Fsp3) is 0.938. The topological polar surface area (TPSA) is 64.6 Å². The lowest BCUT2D eigenvalue weighted by molar-refractivity contribution is 0.00701. The molecule has 0 aromatic rings. The zero-order valence-electron chi connectivity index (χ0n) is 14.3. The maximum Gasteiger partial charge on any atom is 0.315 e. The summed E-state index contributed by atoms with van der Waals surface area (Å²) in [5.41, 5.74) is -0.722. The van der Waals surface area contributed by atoms with Gasteiger partial charge >= 0.3 is 6.03 Å². The maximum absolute atomic E-state index is 12.0. The molecule has 0 saturated heterocycles. The quantitative estimate of drug-likeness (QED) is 0.702. The summed E-state index contributed by atoms with van der Waals surface area (Å²) in [6.45, 7) is 7.57. The number of nitrogens with one attached hydrogen (secondary N) is 2. The third-order valence-electron chi connectivity index (χ3n) is 4.61. The van der Waals surface area contributed by atoms with Crippen LogP contribution in [0.15, 0.2) is 0 Å². The molecule has 5 heteroatoms. The molecule has 1 aliphatic rings. The summed E-state index contributed by atoms with van der Waals surface area (Å²) in [5, 5.41) is 16.2. The van der Waals surface area contributed by atoms with Gasteiger partial charge in [-0.05, 0) is 39.3 Å². The van der Waals surface area contributed by atoms with E-state index in [0.29, 0.717) is 6.54 Å². The van der Waals surface area contributed by atoms with Crippen molar-refractivity contribution in [1.29, 1.82) is 0 Å². The average Bonchev–Trinajstić information content (AvgIpc) is 2.36. The van der Waals surface area contributed by atoms with Crippen molar-refractivity contribution in [1.82, 2.24) is 15.5 Å². The molecular weight excluding hydrogens is 266 g/mol. The van der Waals surface area contributed by atoms with Gasteiger partial charge in [-0.2, -0.15) is 0 Å². The number of carbonyl (C=O) groups is 1. The molecule has 1 rings (SSSR count). The smallest absolute Gasteiger partial charge is 0.315 e. The Bertz CT molecular complexity index is 336. The van der Waals surface area contributed by atoms with E-state index in [1.165, 1.54) is 6.42 Å². The van der Waals surface area contributed by atoms with E-state index in [-0.39, 0.29) is 17.5 Å². The van der Waals surface area contributed by atoms with Crippen LogP contribution < -0.4 is 10.6 Å². The van der Waals surface area contributed by atoms with Crippen LogP contribution in [0.3, 0.4) is 0 Å². The van der Waals surface area contributed by atoms with Crippen LogP contribution in [0.25, 0.3) is 0 Å². The first-order chi connectivity index (χ1) is 9.65. The second kappa shape index (κ2) is 7.45. The predicted molar refractivity (Wildman–Crippen MR) is 86.4 cm³/mol. The van der Waals surface area contributed by atoms with Crippen molar-refractivity contribution in [2.75, 3.05) is 27.2 Å². The number of amides is 2. The second-order valence-electron chi connectivity index (χ2n) is 7.56. The van der Waals surface area contributed by atoms with Gasteiger partial charge in [0.05, 0.1) is 5.60 Å². The highest BCUT2D eigenvalue weighted by Crippen LogP contribution is 2.27. The Kier molecular flexibility index (Phi) is 6.47. The van der Waals surface area contributed by atoms with Gasteiger partial charge in [0.25, 0.3) is 0 Å². The fourth-order valence-electron chi connectivity index (χ4n) is 3.03. The van der Waals surface area contributed by atoms with Crippen LogP contribution in [0, 0.1) is 5.41 Å². The fourth-order valence-corrected chi connectivity index (χ4v) is 3.03. The Labute approximate surface area is 129 Å². The van der Waals surface area contributed by atoms with Gasteiger partial charge in [0.1, 0.15) is 0 Å². The second-order valence-corrected chi connectivity index (χ2v) is 7.56. The third-order valence-corrected chi connectivity index (χ3v) is 4.61. The minimum Gasteiger partial charge on any atom is -0.388 e. The molecule has 0 heterocycles. The summed E-state index contributed by atoms with van der Waals surface area (Å²) in [6, 6.07) is -0.130. The van der Waals surface area contributed by atoms with E-state index in [9.17, 15) is 9.90 Å². The lowest BCUT2D eigenvalue weighted by atomic mass is 9.84. The van der Waals surface area contributed by atoms with Crippen molar-refractivity contribution >= 4 is 6.03 Å². The standard InChI is InChI=1S/C16H33N3O2/c1-13(15(2,3)12-19(4)5)18-14(20)17-11-16(21)9-7-6-8-10-16/h13,21H,6-12H2,1-5H3,(H2,17,18,20). The van der Waals surface area contributed by atoms with E-state index in [1.54, 1.807) is 0 Å². The van der Waals surface area contributed by atoms with Crippen LogP contribution in [0.5, 0.6) is 0 Å². The van der Waals surface area contributed by atoms with E-state index in [1.807, 2.05) is 21.0 Å². The molecule has 0 radical (unpaired) electrons. The van der Waals surface area contributed by atoms with Crippen molar-refractivity contribution in [3.63, 3.8) is 0 Å². The van der Waals surface area contributed by atoms with Crippen LogP contribution in [0.1, 0.15) is 52.9 Å². The minimum atomic E-state index is -0.710. The van der Waals surface area contributed by atoms with Crippen molar-refractivity contribution in [3.8, 4) is 0 Å². The molecule has 0 aromatic carbocycles. The van der Waals surface area contributed by atoms with E-state index >= 15 is 0 Å². The van der Waals surface area contributed by atoms with Gasteiger partial charge < -0.3 is 20.6 Å². The van der Waals surface area contributed by atoms with E-state index < -0.39 is 5.60 Å². The van der Waals surface area contributed by atoms with E-state index in [4.69, 9.17) is 0 Å². The molecule has 0 bridgehead atoms. The van der Waals surface area contributed by atoms with Crippen LogP contribution in [-0.4, -0.2) is 54.9 Å². The summed E-state index contributed by atoms with van der Waals surface area (Å²) in [7, 11) is 4.07. The molecule has 2 amide bonds. The monoisotopic (exact) mass is 299 g/mol. The molecule has 1 saturated carbocycles. The molecule has 0 aromatic heterocycles. The normalized spacial score (nSPS) is 20.1. The van der Waals surface area contributed by atoms with Gasteiger partial charge in [0.2, 0.25) is 0 Å². The Hall–Kier alpha value is -0.810. The molecule has 1 unspecified atom stereocenters. The van der Waals surface area contributed by atoms with Crippen LogP contribution in [-0.2, 0) is 0 Å². The molecule has 1 atom stereocenters. The zero-order valence-corrected chi connectivity index (χ0v) is 14.3. The Morgan fingerprint density at radius 2 is 1.86 bits per heavy atom. The first-order valence-electron chi connectivity index (χ1n) is 8.06. The molecule has 0 spiro atoms. The van der Waals surface area contributed by atoms with Crippen molar-refractivity contribution < 1.29 is 9.90 Å². The molecule has 1 aliphatic carbocycles. The summed E-state index contributed by atoms with van der Waals surface area (Å²) < 4.78 is 0. The molecule has 3 N–H and O–H groups in total. The first kappa shape index (κ1) is 18.2. The number of urea groups is 1. The van der Waals surface area contributed by atoms with Crippen molar-refractivity contribution in [2.45, 2.75) is 64.5 Å². The van der Waals surface area contributed by atoms with Crippen molar-refractivity contribution in [2.24, 2.45) is 5.41 Å². The van der Waals surface area contributed by atoms with Crippen LogP contribution >= 0.6 is 0 Å². The molecule has 0 aliphatic heterocycles. The molecule has 5 nitrogen and oxygen atoms in total. The zero-order chi connectivity index (χ0) is 16.1. The summed E-state index contributed by atoms with van der Waals surface area (Å²) in [4.78, 5) is 14.1. The van der Waals surface area contributed by atoms with Gasteiger partial charge in [-0.3, -0.25) is 0 Å². The predicted octanol–water partition coefficient (Wildman–Crippen LogP) is 1.96. The Balaban J connectivity index is 2.39. The minimum absolute atomic E-state index is 0.0113. The Morgan fingerprint density at radius 3 is 2.38 bits per heavy atom. The number of hydrogen-bond donors (Lipinski definition) is 3. The number of nitrogens with zero attached hydrogens (tertiary/aromatic N) is 1. The molecule has 1 fully saturated rings. The highest BCUT2D eigenvalue weighted by Gasteiger charge is 2.31. The Morgan fingerprint density at radius 1 is 1.29 bits per heavy atom. The van der Waals surface area contributed by atoms with Crippen LogP contribution in [0.2, 0.25) is 0 Å². The number of carbonyl (C=O) groups excluding carboxylic acids is 1. The van der Waals surface area contributed by atoms with E-state index in [0.717, 1.165) is 32.2 Å². The first-order valence-corrected chi connectivity index (χ1v) is 8.06. The number of aliphatic hydroxyl groups is 1. The van der Waals surface area contributed by atoms with Crippen LogP contribution in [0.4, 0.5) is 4.79 Å². The number of hydrogen-bond acceptors (Lipinski definition) is 3. The third kappa shape index (κ3) is 6.22. The largest absolute Gasteiger partial charge is 0.388 e. The van der Waals surface area contributed by atoms with Gasteiger partial charge in [-0.15, -0.1) is 0 Å². The highest BCUT2D eigenvalue weighted by atomic mass is 16.3. The SMILES string of the molecule is CC(NC(=O)NCC1(O)CCCCC1)C(C)(C)CN(C)C. The molecule has 124 valence electrons. The number of rotatable bonds is 6. The average molecular weight is 299 g/mol. The molecule has 21 heavy (non-hydrogen) atoms. The molecular formula is C16H33N3O2.